The SMILES string of the molecule is CS(=O)(=O)N1CC1C(=O)O.[Cu+2].c1ccc2c(c1)-c1nc-2nc2[n-]c(nc3nc(nc4[n-]c(n1)c1ccccc41)-c1ccccc1-3)c1ccccc21. The van der Waals surface area contributed by atoms with Gasteiger partial charge in [0.2, 0.25) is 10.0 Å². The molecule has 4 aromatic carbocycles. The monoisotopic (exact) mass is 740 g/mol. The van der Waals surface area contributed by atoms with Gasteiger partial charge in [-0.25, -0.2) is 18.4 Å². The molecular formula is C36H23CuN9O4S. The second-order valence-corrected chi connectivity index (χ2v) is 13.8. The first-order valence-electron chi connectivity index (χ1n) is 15.5. The van der Waals surface area contributed by atoms with Crippen LogP contribution in [-0.4, -0.2) is 72.5 Å². The van der Waals surface area contributed by atoms with Gasteiger partial charge in [0.05, 0.1) is 29.6 Å². The molecule has 10 rings (SSSR count). The maximum absolute atomic E-state index is 10.6. The first kappa shape index (κ1) is 32.4. The number of fused-ring (bicyclic) bond motifs is 20. The molecule has 1 saturated heterocycles. The molecule has 3 aliphatic rings. The second kappa shape index (κ2) is 12.2. The standard InChI is InChI=1S/C32H16N8.C4H7NO4S.Cu/c1-2-10-18-17(9-1)25-33-26(18)38-28-21-13-5-6-14-22(21)30(35-28)40-32-24-16-8-7-15-23(24)31(36-32)39-29-20-12-4-3-11-19(20)27(34-29)37-25;1-10(8,9)5-2-3(5)4(6)7;/h1-16H;3H,2H2,1H3,(H,6,7);/q-2;;+2. The van der Waals surface area contributed by atoms with E-state index in [0.29, 0.717) is 45.9 Å². The largest absolute Gasteiger partial charge is 2.00 e. The molecular weight excluding hydrogens is 718 g/mol. The fourth-order valence-electron chi connectivity index (χ4n) is 6.15. The van der Waals surface area contributed by atoms with Crippen molar-refractivity contribution in [2.24, 2.45) is 0 Å². The summed E-state index contributed by atoms with van der Waals surface area (Å²) in [6, 6.07) is 31.0. The van der Waals surface area contributed by atoms with Crippen LogP contribution < -0.4 is 9.97 Å². The van der Waals surface area contributed by atoms with Gasteiger partial charge in [-0.15, -0.1) is 0 Å². The predicted molar refractivity (Wildman–Crippen MR) is 187 cm³/mol. The van der Waals surface area contributed by atoms with Gasteiger partial charge in [-0.1, -0.05) is 97.1 Å². The van der Waals surface area contributed by atoms with Crippen LogP contribution in [0.25, 0.3) is 89.7 Å². The van der Waals surface area contributed by atoms with Crippen LogP contribution in [0.5, 0.6) is 0 Å². The molecule has 7 aromatic rings. The van der Waals surface area contributed by atoms with Gasteiger partial charge in [0, 0.05) is 51.4 Å². The molecule has 0 amide bonds. The zero-order chi connectivity index (χ0) is 34.1. The van der Waals surface area contributed by atoms with Gasteiger partial charge in [-0.05, 0) is 21.5 Å². The minimum atomic E-state index is -3.27. The van der Waals surface area contributed by atoms with Crippen LogP contribution >= 0.6 is 0 Å². The normalized spacial score (nSPS) is 15.6. The summed E-state index contributed by atoms with van der Waals surface area (Å²) >= 11 is 0. The molecule has 1 fully saturated rings. The van der Waals surface area contributed by atoms with Gasteiger partial charge in [0.1, 0.15) is 6.04 Å². The average Bonchev–Trinajstić information content (AvgIpc) is 3.51. The topological polar surface area (TPSA) is 180 Å². The van der Waals surface area contributed by atoms with E-state index in [-0.39, 0.29) is 23.6 Å². The van der Waals surface area contributed by atoms with E-state index in [1.165, 1.54) is 0 Å². The number of carboxylic acid groups (broad SMARTS) is 1. The molecule has 3 aromatic heterocycles. The molecule has 13 nitrogen and oxygen atoms in total. The van der Waals surface area contributed by atoms with Crippen LogP contribution in [0.2, 0.25) is 0 Å². The number of hydrogen-bond donors (Lipinski definition) is 1. The third-order valence-corrected chi connectivity index (χ3v) is 9.86. The second-order valence-electron chi connectivity index (χ2n) is 11.9. The Kier molecular flexibility index (Phi) is 7.72. The average molecular weight is 741 g/mol. The number of aliphatic carboxylic acids is 1. The van der Waals surface area contributed by atoms with Gasteiger partial charge < -0.3 is 35.0 Å². The first-order valence-corrected chi connectivity index (χ1v) is 17.4. The Balaban J connectivity index is 0.000000297. The summed E-state index contributed by atoms with van der Waals surface area (Å²) in [6.45, 7) is 0.119. The molecule has 8 bridgehead atoms. The number of carboxylic acids is 1. The van der Waals surface area contributed by atoms with Crippen molar-refractivity contribution in [2.45, 2.75) is 6.04 Å². The third-order valence-electron chi connectivity index (χ3n) is 8.61. The minimum Gasteiger partial charge on any atom is -0.480 e. The van der Waals surface area contributed by atoms with Crippen LogP contribution in [0.15, 0.2) is 97.1 Å². The molecule has 51 heavy (non-hydrogen) atoms. The summed E-state index contributed by atoms with van der Waals surface area (Å²) < 4.78 is 22.1. The summed E-state index contributed by atoms with van der Waals surface area (Å²) in [7, 11) is -3.27. The zero-order valence-electron chi connectivity index (χ0n) is 26.4. The van der Waals surface area contributed by atoms with Crippen molar-refractivity contribution in [1.82, 2.24) is 44.2 Å². The van der Waals surface area contributed by atoms with E-state index in [0.717, 1.165) is 54.4 Å². The van der Waals surface area contributed by atoms with Gasteiger partial charge in [-0.3, -0.25) is 4.79 Å². The smallest absolute Gasteiger partial charge is 0.480 e. The van der Waals surface area contributed by atoms with Gasteiger partial charge in [-0.2, -0.15) is 4.31 Å². The van der Waals surface area contributed by atoms with E-state index < -0.39 is 22.0 Å². The molecule has 0 spiro atoms. The van der Waals surface area contributed by atoms with Crippen molar-refractivity contribution in [2.75, 3.05) is 12.8 Å². The number of rotatable bonds is 2. The number of sulfonamides is 1. The number of nitrogens with zero attached hydrogens (tertiary/aromatic N) is 9. The quantitative estimate of drug-likeness (QED) is 0.189. The summed E-state index contributed by atoms with van der Waals surface area (Å²) in [5.74, 6) is 1.13. The van der Waals surface area contributed by atoms with E-state index >= 15 is 0 Å². The van der Waals surface area contributed by atoms with E-state index in [1.807, 2.05) is 97.1 Å². The number of hydrogen-bond acceptors (Lipinski definition) is 9. The maximum Gasteiger partial charge on any atom is 2.00 e. The van der Waals surface area contributed by atoms with E-state index in [4.69, 9.17) is 45.0 Å². The number of aromatic nitrogens is 8. The molecule has 0 aliphatic carbocycles. The summed E-state index contributed by atoms with van der Waals surface area (Å²) in [6.07, 6.45) is 0.996. The molecule has 2 unspecified atom stereocenters. The molecule has 253 valence electrons. The molecule has 3 aliphatic heterocycles. The Morgan fingerprint density at radius 3 is 1.12 bits per heavy atom. The fraction of sp³-hybridized carbons (Fsp3) is 0.0833. The molecule has 2 atom stereocenters. The Hall–Kier alpha value is -5.86. The fourth-order valence-corrected chi connectivity index (χ4v) is 7.11. The van der Waals surface area contributed by atoms with Gasteiger partial charge in [0.15, 0.2) is 0 Å². The van der Waals surface area contributed by atoms with Crippen molar-refractivity contribution in [3.05, 3.63) is 97.1 Å². The van der Waals surface area contributed by atoms with Crippen LogP contribution in [0.4, 0.5) is 0 Å². The molecule has 6 heterocycles. The van der Waals surface area contributed by atoms with Gasteiger partial charge in [0.25, 0.3) is 0 Å². The van der Waals surface area contributed by atoms with Crippen LogP contribution in [0, 0.1) is 0 Å². The summed E-state index contributed by atoms with van der Waals surface area (Å²) in [5, 5.41) is 11.9. The van der Waals surface area contributed by atoms with Crippen molar-refractivity contribution in [3.8, 4) is 45.6 Å². The Morgan fingerprint density at radius 2 is 0.882 bits per heavy atom. The van der Waals surface area contributed by atoms with E-state index in [2.05, 4.69) is 0 Å². The number of carbonyl (C=O) groups is 1. The molecule has 15 heteroatoms. The van der Waals surface area contributed by atoms with Crippen molar-refractivity contribution in [3.63, 3.8) is 0 Å². The maximum atomic E-state index is 10.6. The van der Waals surface area contributed by atoms with Gasteiger partial charge >= 0.3 is 23.0 Å². The zero-order valence-corrected chi connectivity index (χ0v) is 28.2. The predicted octanol–water partition coefficient (Wildman–Crippen LogP) is 4.84. The summed E-state index contributed by atoms with van der Waals surface area (Å²) in [4.78, 5) is 49.4. The Morgan fingerprint density at radius 1 is 0.588 bits per heavy atom. The third kappa shape index (κ3) is 5.62. The van der Waals surface area contributed by atoms with Crippen LogP contribution in [0.1, 0.15) is 0 Å². The Labute approximate surface area is 300 Å². The Bertz CT molecular complexity index is 2540. The minimum absolute atomic E-state index is 0. The van der Waals surface area contributed by atoms with E-state index in [1.54, 1.807) is 0 Å². The van der Waals surface area contributed by atoms with Crippen molar-refractivity contribution < 1.29 is 35.4 Å². The van der Waals surface area contributed by atoms with Crippen molar-refractivity contribution in [1.29, 1.82) is 0 Å². The van der Waals surface area contributed by atoms with Crippen molar-refractivity contribution >= 4 is 60.1 Å². The number of benzene rings is 4. The molecule has 0 saturated carbocycles. The molecule has 1 N–H and O–H groups in total. The van der Waals surface area contributed by atoms with E-state index in [9.17, 15) is 13.2 Å². The molecule has 1 radical (unpaired) electrons. The van der Waals surface area contributed by atoms with Crippen LogP contribution in [-0.2, 0) is 31.9 Å². The van der Waals surface area contributed by atoms with Crippen LogP contribution in [0.3, 0.4) is 0 Å². The first-order chi connectivity index (χ1) is 24.2. The summed E-state index contributed by atoms with van der Waals surface area (Å²) in [5.41, 5.74) is 5.78.